The summed E-state index contributed by atoms with van der Waals surface area (Å²) in [4.78, 5) is 7.00. The molecule has 1 aromatic carbocycles. The van der Waals surface area contributed by atoms with Gasteiger partial charge >= 0.3 is 0 Å². The number of methoxy groups -OCH3 is 1. The first kappa shape index (κ1) is 31.0. The lowest BCUT2D eigenvalue weighted by Crippen LogP contribution is -2.54. The lowest BCUT2D eigenvalue weighted by molar-refractivity contribution is -0.0669. The molecule has 0 bridgehead atoms. The van der Waals surface area contributed by atoms with Crippen molar-refractivity contribution < 1.29 is 26.7 Å². The number of aromatic nitrogens is 1. The van der Waals surface area contributed by atoms with E-state index in [0.29, 0.717) is 50.5 Å². The predicted molar refractivity (Wildman–Crippen MR) is 156 cm³/mol. The van der Waals surface area contributed by atoms with Crippen LogP contribution in [-0.2, 0) is 11.2 Å². The first-order valence-corrected chi connectivity index (χ1v) is 15.3. The molecule has 0 spiro atoms. The molecule has 2 aromatic rings. The Morgan fingerprint density at radius 2 is 1.88 bits per heavy atom. The van der Waals surface area contributed by atoms with Crippen LogP contribution in [-0.4, -0.2) is 79.9 Å². The zero-order valence-electron chi connectivity index (χ0n) is 24.6. The highest BCUT2D eigenvalue weighted by Crippen LogP contribution is 2.41. The number of hydrogen-bond acceptors (Lipinski definition) is 4. The highest BCUT2D eigenvalue weighted by molar-refractivity contribution is 5.51. The van der Waals surface area contributed by atoms with Gasteiger partial charge in [-0.15, -0.1) is 0 Å². The number of rotatable bonds is 13. The first-order chi connectivity index (χ1) is 20.2. The maximum absolute atomic E-state index is 15.9. The molecule has 0 radical (unpaired) electrons. The minimum Gasteiger partial charge on any atom is -0.381 e. The molecule has 2 aliphatic heterocycles. The lowest BCUT2D eigenvalue weighted by atomic mass is 9.81. The van der Waals surface area contributed by atoms with E-state index in [1.165, 1.54) is 12.1 Å². The molecule has 1 atom stereocenters. The molecule has 3 heterocycles. The summed E-state index contributed by atoms with van der Waals surface area (Å²) in [5.74, 6) is -4.50. The van der Waals surface area contributed by atoms with E-state index >= 15 is 17.6 Å². The number of hydrogen-bond donors (Lipinski definition) is 2. The van der Waals surface area contributed by atoms with Crippen LogP contribution in [0.3, 0.4) is 0 Å². The van der Waals surface area contributed by atoms with Gasteiger partial charge in [-0.05, 0) is 49.0 Å². The minimum atomic E-state index is -2.97. The monoisotopic (exact) mass is 594 g/mol. The number of alkyl halides is 3. The second-order valence-electron chi connectivity index (χ2n) is 12.1. The molecule has 1 saturated carbocycles. The van der Waals surface area contributed by atoms with Gasteiger partial charge in [0.15, 0.2) is 0 Å². The number of halogens is 5. The quantitative estimate of drug-likeness (QED) is 0.316. The molecule has 232 valence electrons. The summed E-state index contributed by atoms with van der Waals surface area (Å²) in [5, 5.41) is 4.89. The van der Waals surface area contributed by atoms with E-state index in [-0.39, 0.29) is 37.2 Å². The molecular weight excluding hydrogens is 551 g/mol. The van der Waals surface area contributed by atoms with Crippen LogP contribution < -0.4 is 15.9 Å². The van der Waals surface area contributed by atoms with Gasteiger partial charge in [0.25, 0.3) is 5.92 Å². The Balaban J connectivity index is 1.49. The summed E-state index contributed by atoms with van der Waals surface area (Å²) >= 11 is 0. The van der Waals surface area contributed by atoms with Crippen LogP contribution in [0.4, 0.5) is 27.6 Å². The van der Waals surface area contributed by atoms with Gasteiger partial charge < -0.3 is 15.0 Å². The fraction of sp³-hybridized carbons (Fsp3) is 0.625. The molecule has 5 nitrogen and oxygen atoms in total. The standard InChI is InChI=1S/C32H43F5N4O/c1-3-6-28-24(10-14-42-2)25-9-13-41(20-32(36,37)17-21-7-4-8-21)31(30(25)39-28)29-26(34)15-22(16-27(29)35)38-23-18-40(19-23)12-5-11-33/h6,10,15-16,21,23,31,38-39H,3-5,7-9,11-14,17-20H2,1-2H3/b24-10-,28-6+. The number of fused-ring (bicyclic) bond motifs is 1. The Kier molecular flexibility index (Phi) is 9.95. The number of anilines is 1. The van der Waals surface area contributed by atoms with Gasteiger partial charge in [-0.3, -0.25) is 14.2 Å². The molecule has 42 heavy (non-hydrogen) atoms. The summed E-state index contributed by atoms with van der Waals surface area (Å²) in [6.45, 7) is 3.66. The van der Waals surface area contributed by atoms with Gasteiger partial charge in [-0.2, -0.15) is 0 Å². The van der Waals surface area contributed by atoms with Crippen molar-refractivity contribution >= 4 is 17.8 Å². The fourth-order valence-corrected chi connectivity index (χ4v) is 6.70. The molecule has 2 fully saturated rings. The van der Waals surface area contributed by atoms with Crippen molar-refractivity contribution in [1.29, 1.82) is 0 Å². The third-order valence-corrected chi connectivity index (χ3v) is 8.89. The van der Waals surface area contributed by atoms with Crippen LogP contribution >= 0.6 is 0 Å². The van der Waals surface area contributed by atoms with Crippen LogP contribution in [0.25, 0.3) is 12.2 Å². The molecule has 2 N–H and O–H groups in total. The third kappa shape index (κ3) is 6.86. The maximum atomic E-state index is 15.9. The van der Waals surface area contributed by atoms with Crippen molar-refractivity contribution in [3.8, 4) is 0 Å². The lowest BCUT2D eigenvalue weighted by Gasteiger charge is -2.40. The van der Waals surface area contributed by atoms with Crippen molar-refractivity contribution in [3.63, 3.8) is 0 Å². The Bertz CT molecular complexity index is 1310. The van der Waals surface area contributed by atoms with Crippen molar-refractivity contribution in [3.05, 3.63) is 51.2 Å². The molecule has 0 amide bonds. The van der Waals surface area contributed by atoms with E-state index in [4.69, 9.17) is 4.74 Å². The second-order valence-corrected chi connectivity index (χ2v) is 12.1. The van der Waals surface area contributed by atoms with Crippen LogP contribution in [0.15, 0.2) is 12.1 Å². The average Bonchev–Trinajstić information content (AvgIpc) is 3.24. The Morgan fingerprint density at radius 3 is 2.50 bits per heavy atom. The van der Waals surface area contributed by atoms with Gasteiger partial charge in [0.1, 0.15) is 11.6 Å². The molecule has 1 saturated heterocycles. The van der Waals surface area contributed by atoms with E-state index < -0.39 is 30.1 Å². The van der Waals surface area contributed by atoms with Crippen molar-refractivity contribution in [2.24, 2.45) is 5.92 Å². The van der Waals surface area contributed by atoms with Gasteiger partial charge in [0, 0.05) is 67.2 Å². The van der Waals surface area contributed by atoms with E-state index in [1.54, 1.807) is 12.0 Å². The zero-order chi connectivity index (χ0) is 29.9. The number of H-pyrrole nitrogens is 1. The molecule has 1 aromatic heterocycles. The van der Waals surface area contributed by atoms with Gasteiger partial charge in [0.05, 0.1) is 31.9 Å². The second kappa shape index (κ2) is 13.5. The van der Waals surface area contributed by atoms with Gasteiger partial charge in [0.2, 0.25) is 0 Å². The topological polar surface area (TPSA) is 43.5 Å². The van der Waals surface area contributed by atoms with E-state index in [9.17, 15) is 4.39 Å². The van der Waals surface area contributed by atoms with Gasteiger partial charge in [-0.25, -0.2) is 17.6 Å². The molecule has 1 aliphatic carbocycles. The number of nitrogens with zero attached hydrogens (tertiary/aromatic N) is 2. The van der Waals surface area contributed by atoms with Crippen LogP contribution in [0.1, 0.15) is 68.3 Å². The molecule has 3 aliphatic rings. The highest BCUT2D eigenvalue weighted by atomic mass is 19.3. The first-order valence-electron chi connectivity index (χ1n) is 15.3. The van der Waals surface area contributed by atoms with Crippen LogP contribution in [0.5, 0.6) is 0 Å². The number of ether oxygens (including phenoxy) is 1. The van der Waals surface area contributed by atoms with Crippen molar-refractivity contribution in [1.82, 2.24) is 14.8 Å². The summed E-state index contributed by atoms with van der Waals surface area (Å²) in [6, 6.07) is 1.51. The van der Waals surface area contributed by atoms with E-state index in [0.717, 1.165) is 41.8 Å². The maximum Gasteiger partial charge on any atom is 0.260 e. The number of aromatic amines is 1. The summed E-state index contributed by atoms with van der Waals surface area (Å²) in [6.07, 6.45) is 8.00. The molecular formula is C32H43F5N4O. The van der Waals surface area contributed by atoms with Crippen LogP contribution in [0.2, 0.25) is 0 Å². The van der Waals surface area contributed by atoms with E-state index in [2.05, 4.69) is 15.2 Å². The van der Waals surface area contributed by atoms with Crippen LogP contribution in [0, 0.1) is 17.6 Å². The Labute approximate surface area is 244 Å². The summed E-state index contributed by atoms with van der Waals surface area (Å²) in [5.41, 5.74) is 1.53. The number of nitrogens with one attached hydrogen (secondary N) is 2. The highest BCUT2D eigenvalue weighted by Gasteiger charge is 2.42. The molecule has 5 rings (SSSR count). The largest absolute Gasteiger partial charge is 0.381 e. The normalized spacial score (nSPS) is 21.5. The van der Waals surface area contributed by atoms with E-state index in [1.807, 2.05) is 19.1 Å². The van der Waals surface area contributed by atoms with Crippen molar-refractivity contribution in [2.75, 3.05) is 58.4 Å². The SMILES string of the molecule is CC/C=c1/[nH]c2c(/c1=C/COC)CCN(CC(F)(F)CC1CCC1)C2c1c(F)cc(NC2CN(CCCF)C2)cc1F. The average molecular weight is 595 g/mol. The third-order valence-electron chi connectivity index (χ3n) is 8.89. The minimum absolute atomic E-state index is 0.00326. The predicted octanol–water partition coefficient (Wildman–Crippen LogP) is 5.14. The smallest absolute Gasteiger partial charge is 0.260 e. The Hall–Kier alpha value is -2.43. The van der Waals surface area contributed by atoms with Gasteiger partial charge in [-0.1, -0.05) is 32.3 Å². The van der Waals surface area contributed by atoms with Crippen molar-refractivity contribution in [2.45, 2.75) is 69.9 Å². The molecule has 1 unspecified atom stereocenters. The fourth-order valence-electron chi connectivity index (χ4n) is 6.70. The summed E-state index contributed by atoms with van der Waals surface area (Å²) in [7, 11) is 1.60. The molecule has 10 heteroatoms. The summed E-state index contributed by atoms with van der Waals surface area (Å²) < 4.78 is 80.4. The number of benzene rings is 1. The number of likely N-dealkylation sites (tertiary alicyclic amines) is 1. The Morgan fingerprint density at radius 1 is 1.14 bits per heavy atom. The zero-order valence-corrected chi connectivity index (χ0v) is 24.6.